The van der Waals surface area contributed by atoms with E-state index < -0.39 is 0 Å². The van der Waals surface area contributed by atoms with Gasteiger partial charge in [0.25, 0.3) is 5.91 Å². The smallest absolute Gasteiger partial charge is 0.267 e. The number of carbonyl (C=O) groups is 1. The number of rotatable bonds is 1. The second-order valence-electron chi connectivity index (χ2n) is 3.99. The van der Waals surface area contributed by atoms with E-state index in [0.29, 0.717) is 22.2 Å². The summed E-state index contributed by atoms with van der Waals surface area (Å²) in [6.45, 7) is 0. The van der Waals surface area contributed by atoms with E-state index >= 15 is 0 Å². The minimum absolute atomic E-state index is 0.300. The maximum atomic E-state index is 12.3. The lowest BCUT2D eigenvalue weighted by Crippen LogP contribution is -2.13. The molecule has 0 aliphatic rings. The zero-order valence-electron chi connectivity index (χ0n) is 9.82. The molecule has 0 amide bonds. The van der Waals surface area contributed by atoms with Gasteiger partial charge in [0.05, 0.1) is 17.1 Å². The van der Waals surface area contributed by atoms with Crippen molar-refractivity contribution in [1.29, 1.82) is 5.26 Å². The van der Waals surface area contributed by atoms with Crippen LogP contribution in [0.25, 0.3) is 11.0 Å². The molecule has 0 N–H and O–H groups in total. The number of nitrogens with zero attached hydrogens (tertiary/aromatic N) is 4. The summed E-state index contributed by atoms with van der Waals surface area (Å²) in [6, 6.07) is 15.7. The number of benzene rings is 2. The normalized spacial score (nSPS) is 10.3. The molecule has 0 saturated carbocycles. The van der Waals surface area contributed by atoms with E-state index in [2.05, 4.69) is 10.3 Å². The molecule has 3 rings (SSSR count). The van der Waals surface area contributed by atoms with Crippen molar-refractivity contribution in [3.63, 3.8) is 0 Å². The van der Waals surface area contributed by atoms with Crippen LogP contribution in [0.3, 0.4) is 0 Å². The highest BCUT2D eigenvalue weighted by atomic mass is 16.2. The van der Waals surface area contributed by atoms with Crippen molar-refractivity contribution in [3.8, 4) is 6.07 Å². The van der Waals surface area contributed by atoms with E-state index in [-0.39, 0.29) is 5.91 Å². The zero-order valence-corrected chi connectivity index (χ0v) is 9.82. The van der Waals surface area contributed by atoms with Gasteiger partial charge in [0.1, 0.15) is 5.52 Å². The van der Waals surface area contributed by atoms with Crippen LogP contribution < -0.4 is 0 Å². The van der Waals surface area contributed by atoms with E-state index in [9.17, 15) is 4.79 Å². The fourth-order valence-electron chi connectivity index (χ4n) is 1.86. The summed E-state index contributed by atoms with van der Waals surface area (Å²) in [7, 11) is 0. The average molecular weight is 248 g/mol. The highest BCUT2D eigenvalue weighted by Crippen LogP contribution is 2.13. The van der Waals surface area contributed by atoms with Gasteiger partial charge in [0, 0.05) is 5.56 Å². The SMILES string of the molecule is N#Cc1cccc(C(=O)n2nnc3ccccc32)c1. The van der Waals surface area contributed by atoms with E-state index in [1.54, 1.807) is 36.4 Å². The highest BCUT2D eigenvalue weighted by molar-refractivity contribution is 6.00. The van der Waals surface area contributed by atoms with Crippen molar-refractivity contribution in [2.75, 3.05) is 0 Å². The molecular formula is C14H8N4O. The number of para-hydroxylation sites is 1. The van der Waals surface area contributed by atoms with Crippen LogP contribution in [0.2, 0.25) is 0 Å². The molecule has 1 aromatic heterocycles. The Morgan fingerprint density at radius 1 is 1.16 bits per heavy atom. The molecule has 0 atom stereocenters. The molecule has 90 valence electrons. The van der Waals surface area contributed by atoms with Gasteiger partial charge in [-0.25, -0.2) is 0 Å². The highest BCUT2D eigenvalue weighted by Gasteiger charge is 2.13. The average Bonchev–Trinajstić information content (AvgIpc) is 2.90. The van der Waals surface area contributed by atoms with Gasteiger partial charge in [-0.1, -0.05) is 23.4 Å². The fraction of sp³-hybridized carbons (Fsp3) is 0. The van der Waals surface area contributed by atoms with Crippen LogP contribution in [0, 0.1) is 11.3 Å². The van der Waals surface area contributed by atoms with Crippen molar-refractivity contribution in [2.24, 2.45) is 0 Å². The molecular weight excluding hydrogens is 240 g/mol. The Morgan fingerprint density at radius 3 is 2.84 bits per heavy atom. The maximum Gasteiger partial charge on any atom is 0.280 e. The number of carbonyl (C=O) groups excluding carboxylic acids is 1. The minimum atomic E-state index is -0.300. The summed E-state index contributed by atoms with van der Waals surface area (Å²) < 4.78 is 1.24. The van der Waals surface area contributed by atoms with Crippen LogP contribution in [0.15, 0.2) is 48.5 Å². The van der Waals surface area contributed by atoms with Gasteiger partial charge in [0.15, 0.2) is 0 Å². The summed E-state index contributed by atoms with van der Waals surface area (Å²) >= 11 is 0. The first-order valence-corrected chi connectivity index (χ1v) is 5.65. The van der Waals surface area contributed by atoms with Gasteiger partial charge in [0.2, 0.25) is 0 Å². The first kappa shape index (κ1) is 11.1. The number of fused-ring (bicyclic) bond motifs is 1. The van der Waals surface area contributed by atoms with Crippen LogP contribution >= 0.6 is 0 Å². The van der Waals surface area contributed by atoms with Gasteiger partial charge < -0.3 is 0 Å². The lowest BCUT2D eigenvalue weighted by Gasteiger charge is -2.01. The largest absolute Gasteiger partial charge is 0.280 e. The molecule has 0 saturated heterocycles. The van der Waals surface area contributed by atoms with E-state index in [4.69, 9.17) is 5.26 Å². The minimum Gasteiger partial charge on any atom is -0.267 e. The molecule has 0 radical (unpaired) electrons. The number of hydrogen-bond donors (Lipinski definition) is 0. The Labute approximate surface area is 108 Å². The third-order valence-corrected chi connectivity index (χ3v) is 2.78. The lowest BCUT2D eigenvalue weighted by molar-refractivity contribution is 0.0948. The van der Waals surface area contributed by atoms with Gasteiger partial charge in [-0.05, 0) is 30.3 Å². The predicted octanol–water partition coefficient (Wildman–Crippen LogP) is 1.99. The Morgan fingerprint density at radius 2 is 2.00 bits per heavy atom. The van der Waals surface area contributed by atoms with Crippen LogP contribution in [0.4, 0.5) is 0 Å². The molecule has 0 aliphatic carbocycles. The Balaban J connectivity index is 2.11. The van der Waals surface area contributed by atoms with Crippen molar-refractivity contribution in [2.45, 2.75) is 0 Å². The monoisotopic (exact) mass is 248 g/mol. The van der Waals surface area contributed by atoms with E-state index in [0.717, 1.165) is 0 Å². The molecule has 0 unspecified atom stereocenters. The third kappa shape index (κ3) is 1.85. The van der Waals surface area contributed by atoms with Gasteiger partial charge >= 0.3 is 0 Å². The molecule has 5 heteroatoms. The molecule has 3 aromatic rings. The second kappa shape index (κ2) is 4.35. The molecule has 0 bridgehead atoms. The molecule has 0 spiro atoms. The van der Waals surface area contributed by atoms with Crippen LogP contribution in [0.5, 0.6) is 0 Å². The standard InChI is InChI=1S/C14H8N4O/c15-9-10-4-3-5-11(8-10)14(19)18-13-7-2-1-6-12(13)16-17-18/h1-8H. The Bertz CT molecular complexity index is 813. The van der Waals surface area contributed by atoms with Crippen LogP contribution in [-0.4, -0.2) is 20.9 Å². The van der Waals surface area contributed by atoms with E-state index in [1.165, 1.54) is 4.68 Å². The van der Waals surface area contributed by atoms with E-state index in [1.807, 2.05) is 18.2 Å². The van der Waals surface area contributed by atoms with Crippen LogP contribution in [-0.2, 0) is 0 Å². The first-order chi connectivity index (χ1) is 9.29. The molecule has 19 heavy (non-hydrogen) atoms. The summed E-state index contributed by atoms with van der Waals surface area (Å²) in [5.41, 5.74) is 2.16. The lowest BCUT2D eigenvalue weighted by atomic mass is 10.1. The van der Waals surface area contributed by atoms with Gasteiger partial charge in [-0.2, -0.15) is 9.94 Å². The molecule has 0 fully saturated rings. The van der Waals surface area contributed by atoms with Crippen molar-refractivity contribution < 1.29 is 4.79 Å². The fourth-order valence-corrected chi connectivity index (χ4v) is 1.86. The van der Waals surface area contributed by atoms with Crippen molar-refractivity contribution in [1.82, 2.24) is 15.0 Å². The quantitative estimate of drug-likeness (QED) is 0.660. The molecule has 2 aromatic carbocycles. The van der Waals surface area contributed by atoms with Gasteiger partial charge in [-0.15, -0.1) is 5.10 Å². The summed E-state index contributed by atoms with van der Waals surface area (Å²) in [6.07, 6.45) is 0. The topological polar surface area (TPSA) is 71.6 Å². The summed E-state index contributed by atoms with van der Waals surface area (Å²) in [4.78, 5) is 12.3. The zero-order chi connectivity index (χ0) is 13.2. The number of nitriles is 1. The Kier molecular flexibility index (Phi) is 2.54. The number of aromatic nitrogens is 3. The molecule has 5 nitrogen and oxygen atoms in total. The summed E-state index contributed by atoms with van der Waals surface area (Å²) in [5, 5.41) is 16.6. The van der Waals surface area contributed by atoms with Gasteiger partial charge in [-0.3, -0.25) is 4.79 Å². The predicted molar refractivity (Wildman–Crippen MR) is 68.4 cm³/mol. The third-order valence-electron chi connectivity index (χ3n) is 2.78. The van der Waals surface area contributed by atoms with Crippen molar-refractivity contribution in [3.05, 3.63) is 59.7 Å². The first-order valence-electron chi connectivity index (χ1n) is 5.65. The van der Waals surface area contributed by atoms with Crippen molar-refractivity contribution >= 4 is 16.9 Å². The summed E-state index contributed by atoms with van der Waals surface area (Å²) in [5.74, 6) is -0.300. The van der Waals surface area contributed by atoms with Crippen LogP contribution in [0.1, 0.15) is 15.9 Å². The molecule has 1 heterocycles. The number of hydrogen-bond acceptors (Lipinski definition) is 4. The Hall–Kier alpha value is -3.00. The second-order valence-corrected chi connectivity index (χ2v) is 3.99. The maximum absolute atomic E-state index is 12.3. The molecule has 0 aliphatic heterocycles.